The van der Waals surface area contributed by atoms with Crippen molar-refractivity contribution in [2.24, 2.45) is 5.92 Å². The summed E-state index contributed by atoms with van der Waals surface area (Å²) in [7, 11) is 0. The lowest BCUT2D eigenvalue weighted by Crippen LogP contribution is -2.45. The number of amides is 3. The summed E-state index contributed by atoms with van der Waals surface area (Å²) < 4.78 is 0. The van der Waals surface area contributed by atoms with E-state index in [4.69, 9.17) is 0 Å². The maximum absolute atomic E-state index is 12.5. The minimum absolute atomic E-state index is 0.0742. The summed E-state index contributed by atoms with van der Waals surface area (Å²) in [5, 5.41) is 0. The summed E-state index contributed by atoms with van der Waals surface area (Å²) >= 11 is 1.49. The Balaban J connectivity index is 1.37. The van der Waals surface area contributed by atoms with Crippen molar-refractivity contribution in [1.29, 1.82) is 0 Å². The number of rotatable bonds is 3. The summed E-state index contributed by atoms with van der Waals surface area (Å²) in [6, 6.07) is 7.73. The van der Waals surface area contributed by atoms with E-state index in [2.05, 4.69) is 10.9 Å². The lowest BCUT2D eigenvalue weighted by atomic mass is 10.1. The average Bonchev–Trinajstić information content (AvgIpc) is 3.36. The van der Waals surface area contributed by atoms with Gasteiger partial charge in [-0.05, 0) is 61.9 Å². The van der Waals surface area contributed by atoms with Gasteiger partial charge in [-0.1, -0.05) is 12.1 Å². The van der Waals surface area contributed by atoms with Gasteiger partial charge in [-0.15, -0.1) is 11.3 Å². The highest BCUT2D eigenvalue weighted by Crippen LogP contribution is 2.31. The van der Waals surface area contributed by atoms with Crippen molar-refractivity contribution in [3.8, 4) is 0 Å². The number of hydrazine groups is 1. The fourth-order valence-electron chi connectivity index (χ4n) is 3.87. The monoisotopic (exact) mass is 397 g/mol. The van der Waals surface area contributed by atoms with Crippen LogP contribution in [0.5, 0.6) is 0 Å². The maximum Gasteiger partial charge on any atom is 0.279 e. The Morgan fingerprint density at radius 1 is 1.18 bits per heavy atom. The van der Waals surface area contributed by atoms with Crippen LogP contribution >= 0.6 is 11.3 Å². The van der Waals surface area contributed by atoms with Gasteiger partial charge < -0.3 is 4.90 Å². The maximum atomic E-state index is 12.5. The van der Waals surface area contributed by atoms with E-state index in [0.717, 1.165) is 36.1 Å². The van der Waals surface area contributed by atoms with Crippen molar-refractivity contribution in [3.05, 3.63) is 50.7 Å². The summed E-state index contributed by atoms with van der Waals surface area (Å²) in [6.07, 6.45) is 3.33. The Labute approximate surface area is 167 Å². The molecule has 2 heterocycles. The molecule has 1 fully saturated rings. The fourth-order valence-corrected chi connectivity index (χ4v) is 5.02. The molecule has 1 unspecified atom stereocenters. The zero-order valence-electron chi connectivity index (χ0n) is 16.0. The molecule has 0 bridgehead atoms. The van der Waals surface area contributed by atoms with Gasteiger partial charge in [-0.3, -0.25) is 25.2 Å². The lowest BCUT2D eigenvalue weighted by Gasteiger charge is -2.20. The van der Waals surface area contributed by atoms with Gasteiger partial charge in [-0.25, -0.2) is 0 Å². The van der Waals surface area contributed by atoms with Crippen molar-refractivity contribution in [3.63, 3.8) is 0 Å². The molecular weight excluding hydrogens is 374 g/mol. The Hall–Kier alpha value is -2.67. The van der Waals surface area contributed by atoms with Gasteiger partial charge in [0.1, 0.15) is 0 Å². The molecule has 28 heavy (non-hydrogen) atoms. The predicted octanol–water partition coefficient (Wildman–Crippen LogP) is 2.67. The minimum atomic E-state index is -0.485. The molecule has 1 aliphatic heterocycles. The highest BCUT2D eigenvalue weighted by atomic mass is 32.1. The first-order chi connectivity index (χ1) is 13.4. The van der Waals surface area contributed by atoms with Gasteiger partial charge in [-0.2, -0.15) is 0 Å². The average molecular weight is 398 g/mol. The smallest absolute Gasteiger partial charge is 0.279 e. The number of carbonyl (C=O) groups is 3. The first-order valence-electron chi connectivity index (χ1n) is 9.52. The molecule has 4 rings (SSSR count). The van der Waals surface area contributed by atoms with Crippen LogP contribution in [-0.2, 0) is 22.4 Å². The Morgan fingerprint density at radius 3 is 2.79 bits per heavy atom. The van der Waals surface area contributed by atoms with E-state index in [1.54, 1.807) is 4.90 Å². The van der Waals surface area contributed by atoms with Crippen molar-refractivity contribution in [2.75, 3.05) is 11.4 Å². The second-order valence-corrected chi connectivity index (χ2v) is 8.62. The molecule has 1 aromatic heterocycles. The van der Waals surface area contributed by atoms with E-state index >= 15 is 0 Å². The van der Waals surface area contributed by atoms with Gasteiger partial charge in [0.15, 0.2) is 0 Å². The lowest BCUT2D eigenvalue weighted by molar-refractivity contribution is -0.126. The summed E-state index contributed by atoms with van der Waals surface area (Å²) in [4.78, 5) is 40.8. The molecule has 0 saturated carbocycles. The zero-order chi connectivity index (χ0) is 19.8. The van der Waals surface area contributed by atoms with Crippen LogP contribution in [0.25, 0.3) is 0 Å². The zero-order valence-corrected chi connectivity index (χ0v) is 16.8. The van der Waals surface area contributed by atoms with Crippen LogP contribution in [0.3, 0.4) is 0 Å². The molecule has 1 atom stereocenters. The fraction of sp³-hybridized carbons (Fsp3) is 0.381. The van der Waals surface area contributed by atoms with Gasteiger partial charge in [0.25, 0.3) is 5.91 Å². The molecule has 0 radical (unpaired) electrons. The summed E-state index contributed by atoms with van der Waals surface area (Å²) in [5.74, 6) is -1.20. The van der Waals surface area contributed by atoms with Crippen molar-refractivity contribution in [2.45, 2.75) is 39.5 Å². The highest BCUT2D eigenvalue weighted by Gasteiger charge is 2.36. The summed E-state index contributed by atoms with van der Waals surface area (Å²) in [5.41, 5.74) is 9.22. The van der Waals surface area contributed by atoms with Crippen LogP contribution in [-0.4, -0.2) is 24.3 Å². The van der Waals surface area contributed by atoms with E-state index < -0.39 is 5.92 Å². The van der Waals surface area contributed by atoms with Crippen LogP contribution in [0.15, 0.2) is 24.3 Å². The topological polar surface area (TPSA) is 78.5 Å². The standard InChI is InChI=1S/C21H23N3O3S/c1-12-5-3-7-16(13(12)2)24-11-15(10-19(24)25)20(26)22-23-21(27)18-9-14-6-4-8-17(14)28-18/h3,5,7,9,15H,4,6,8,10-11H2,1-2H3,(H,22,26)(H,23,27). The number of hydrogen-bond donors (Lipinski definition) is 2. The number of carbonyl (C=O) groups excluding carboxylic acids is 3. The molecule has 2 aromatic rings. The number of nitrogens with zero attached hydrogens (tertiary/aromatic N) is 1. The largest absolute Gasteiger partial charge is 0.311 e. The third-order valence-electron chi connectivity index (χ3n) is 5.63. The van der Waals surface area contributed by atoms with Gasteiger partial charge in [0.05, 0.1) is 10.8 Å². The molecule has 146 valence electrons. The van der Waals surface area contributed by atoms with Gasteiger partial charge >= 0.3 is 0 Å². The molecule has 1 aromatic carbocycles. The van der Waals surface area contributed by atoms with Gasteiger partial charge in [0, 0.05) is 23.5 Å². The first kappa shape index (κ1) is 18.7. The molecule has 1 saturated heterocycles. The molecule has 1 aliphatic carbocycles. The van der Waals surface area contributed by atoms with Crippen LogP contribution in [0.2, 0.25) is 0 Å². The van der Waals surface area contributed by atoms with E-state index in [1.165, 1.54) is 21.8 Å². The van der Waals surface area contributed by atoms with Crippen LogP contribution in [0.1, 0.15) is 44.1 Å². The molecule has 3 amide bonds. The van der Waals surface area contributed by atoms with Crippen LogP contribution in [0.4, 0.5) is 5.69 Å². The second kappa shape index (κ2) is 7.39. The number of hydrogen-bond acceptors (Lipinski definition) is 4. The Bertz CT molecular complexity index is 944. The van der Waals surface area contributed by atoms with Gasteiger partial charge in [0.2, 0.25) is 11.8 Å². The molecule has 0 spiro atoms. The SMILES string of the molecule is Cc1cccc(N2CC(C(=O)NNC(=O)c3cc4c(s3)CCC4)CC2=O)c1C. The number of benzene rings is 1. The Kier molecular flexibility index (Phi) is 4.93. The minimum Gasteiger partial charge on any atom is -0.311 e. The number of aryl methyl sites for hydroxylation is 3. The van der Waals surface area contributed by atoms with Crippen molar-refractivity contribution in [1.82, 2.24) is 10.9 Å². The number of fused-ring (bicyclic) bond motifs is 1. The van der Waals surface area contributed by atoms with Crippen molar-refractivity contribution < 1.29 is 14.4 Å². The third-order valence-corrected chi connectivity index (χ3v) is 6.87. The highest BCUT2D eigenvalue weighted by molar-refractivity contribution is 7.14. The Morgan fingerprint density at radius 2 is 2.00 bits per heavy atom. The molecule has 2 aliphatic rings. The van der Waals surface area contributed by atoms with E-state index in [0.29, 0.717) is 11.4 Å². The quantitative estimate of drug-likeness (QED) is 0.782. The van der Waals surface area contributed by atoms with E-state index in [-0.39, 0.29) is 24.1 Å². The molecule has 7 heteroatoms. The molecule has 2 N–H and O–H groups in total. The number of anilines is 1. The number of nitrogens with one attached hydrogen (secondary N) is 2. The normalized spacial score (nSPS) is 18.3. The summed E-state index contributed by atoms with van der Waals surface area (Å²) in [6.45, 7) is 4.29. The van der Waals surface area contributed by atoms with E-state index in [1.807, 2.05) is 38.1 Å². The van der Waals surface area contributed by atoms with E-state index in [9.17, 15) is 14.4 Å². The third kappa shape index (κ3) is 3.42. The second-order valence-electron chi connectivity index (χ2n) is 7.48. The molecular formula is C21H23N3O3S. The predicted molar refractivity (Wildman–Crippen MR) is 108 cm³/mol. The number of thiophene rings is 1. The van der Waals surface area contributed by atoms with Crippen molar-refractivity contribution >= 4 is 34.7 Å². The molecule has 6 nitrogen and oxygen atoms in total. The first-order valence-corrected chi connectivity index (χ1v) is 10.3. The van der Waals surface area contributed by atoms with Crippen LogP contribution < -0.4 is 15.8 Å². The van der Waals surface area contributed by atoms with Crippen LogP contribution in [0, 0.1) is 19.8 Å².